The molecule has 0 aromatic heterocycles. The zero-order chi connectivity index (χ0) is 19.9. The van der Waals surface area contributed by atoms with E-state index in [4.69, 9.17) is 0 Å². The van der Waals surface area contributed by atoms with E-state index in [0.29, 0.717) is 11.4 Å². The van der Waals surface area contributed by atoms with Gasteiger partial charge in [-0.25, -0.2) is 13.6 Å². The van der Waals surface area contributed by atoms with Crippen molar-refractivity contribution in [2.45, 2.75) is 31.7 Å². The molecule has 28 heavy (non-hydrogen) atoms. The molecular formula is C21H21F2N3O2. The maximum atomic E-state index is 13.0. The van der Waals surface area contributed by atoms with Crippen LogP contribution >= 0.6 is 0 Å². The Hall–Kier alpha value is -2.96. The van der Waals surface area contributed by atoms with Gasteiger partial charge in [0, 0.05) is 22.8 Å². The van der Waals surface area contributed by atoms with E-state index in [1.807, 2.05) is 6.92 Å². The van der Waals surface area contributed by atoms with Gasteiger partial charge in [-0.05, 0) is 73.2 Å². The molecule has 146 valence electrons. The maximum Gasteiger partial charge on any atom is 0.319 e. The van der Waals surface area contributed by atoms with Crippen LogP contribution in [0.5, 0.6) is 0 Å². The highest BCUT2D eigenvalue weighted by Gasteiger charge is 2.71. The third-order valence-corrected chi connectivity index (χ3v) is 5.98. The summed E-state index contributed by atoms with van der Waals surface area (Å²) in [6.45, 7) is 1.89. The molecule has 0 saturated heterocycles. The highest BCUT2D eigenvalue weighted by Crippen LogP contribution is 2.70. The topological polar surface area (TPSA) is 70.2 Å². The van der Waals surface area contributed by atoms with E-state index in [1.165, 1.54) is 48.5 Å². The minimum Gasteiger partial charge on any atom is -0.332 e. The van der Waals surface area contributed by atoms with Crippen molar-refractivity contribution in [2.75, 3.05) is 10.6 Å². The summed E-state index contributed by atoms with van der Waals surface area (Å²) in [6, 6.07) is 10.9. The fraction of sp³-hybridized carbons (Fsp3) is 0.333. The number of hydrogen-bond donors (Lipinski definition) is 3. The summed E-state index contributed by atoms with van der Waals surface area (Å²) >= 11 is 0. The highest BCUT2D eigenvalue weighted by molar-refractivity contribution is 5.94. The summed E-state index contributed by atoms with van der Waals surface area (Å²) in [5, 5.41) is 8.49. The first-order valence-electron chi connectivity index (χ1n) is 9.20. The molecule has 2 bridgehead atoms. The predicted molar refractivity (Wildman–Crippen MR) is 102 cm³/mol. The first-order valence-corrected chi connectivity index (χ1v) is 9.20. The van der Waals surface area contributed by atoms with Crippen molar-refractivity contribution in [3.63, 3.8) is 0 Å². The lowest BCUT2D eigenvalue weighted by molar-refractivity contribution is -0.183. The van der Waals surface area contributed by atoms with Crippen LogP contribution in [0.25, 0.3) is 0 Å². The number of carbonyl (C=O) groups excluding carboxylic acids is 2. The Labute approximate surface area is 161 Å². The van der Waals surface area contributed by atoms with E-state index in [9.17, 15) is 18.4 Å². The van der Waals surface area contributed by atoms with Crippen LogP contribution in [-0.4, -0.2) is 17.5 Å². The van der Waals surface area contributed by atoms with Crippen molar-refractivity contribution in [3.8, 4) is 0 Å². The molecule has 1 atom stereocenters. The lowest BCUT2D eigenvalue weighted by Crippen LogP contribution is -2.77. The average Bonchev–Trinajstić information content (AvgIpc) is 2.60. The van der Waals surface area contributed by atoms with Crippen LogP contribution in [0.2, 0.25) is 0 Å². The molecule has 0 spiro atoms. The van der Waals surface area contributed by atoms with Crippen LogP contribution in [0.1, 0.15) is 26.2 Å². The van der Waals surface area contributed by atoms with E-state index in [1.54, 1.807) is 0 Å². The van der Waals surface area contributed by atoms with E-state index >= 15 is 0 Å². The minimum absolute atomic E-state index is 0.101. The van der Waals surface area contributed by atoms with Gasteiger partial charge in [0.25, 0.3) is 0 Å². The highest BCUT2D eigenvalue weighted by atomic mass is 19.1. The van der Waals surface area contributed by atoms with E-state index in [2.05, 4.69) is 16.0 Å². The molecule has 0 unspecified atom stereocenters. The molecule has 7 heteroatoms. The standard InChI is InChI=1S/C21H21F2N3O2/c1-13(18(27)24-16-6-2-14(22)3-7-16)20-10-21(11-20,12-20)26-19(28)25-17-8-4-15(23)5-9-17/h2-9,13H,10-12H2,1H3,(H,24,27)(H2,25,26,28)/t13-,20?,21?/m1/s1. The van der Waals surface area contributed by atoms with Gasteiger partial charge >= 0.3 is 6.03 Å². The largest absolute Gasteiger partial charge is 0.332 e. The molecule has 2 aromatic carbocycles. The zero-order valence-corrected chi connectivity index (χ0v) is 15.4. The minimum atomic E-state index is -0.361. The van der Waals surface area contributed by atoms with Gasteiger partial charge < -0.3 is 16.0 Å². The normalized spacial score (nSPS) is 25.7. The van der Waals surface area contributed by atoms with Crippen LogP contribution in [0.4, 0.5) is 25.0 Å². The van der Waals surface area contributed by atoms with Gasteiger partial charge in [-0.1, -0.05) is 6.92 Å². The summed E-state index contributed by atoms with van der Waals surface area (Å²) in [6.07, 6.45) is 2.23. The van der Waals surface area contributed by atoms with Gasteiger partial charge in [-0.15, -0.1) is 0 Å². The van der Waals surface area contributed by atoms with E-state index in [0.717, 1.165) is 19.3 Å². The fourth-order valence-corrected chi connectivity index (χ4v) is 4.46. The van der Waals surface area contributed by atoms with Crippen LogP contribution < -0.4 is 16.0 Å². The predicted octanol–water partition coefficient (Wildman–Crippen LogP) is 4.28. The maximum absolute atomic E-state index is 13.0. The summed E-state index contributed by atoms with van der Waals surface area (Å²) in [5.41, 5.74) is 0.713. The van der Waals surface area contributed by atoms with E-state index < -0.39 is 0 Å². The number of halogens is 2. The number of carbonyl (C=O) groups is 2. The Morgan fingerprint density at radius 2 is 1.32 bits per heavy atom. The van der Waals surface area contributed by atoms with Crippen LogP contribution in [0, 0.1) is 23.0 Å². The first kappa shape index (κ1) is 18.4. The molecule has 3 fully saturated rings. The second-order valence-corrected chi connectivity index (χ2v) is 7.98. The Balaban J connectivity index is 1.28. The van der Waals surface area contributed by atoms with Gasteiger partial charge in [0.05, 0.1) is 0 Å². The summed E-state index contributed by atoms with van der Waals surface area (Å²) < 4.78 is 25.9. The second-order valence-electron chi connectivity index (χ2n) is 7.98. The molecule has 3 aliphatic rings. The Morgan fingerprint density at radius 3 is 1.82 bits per heavy atom. The number of anilines is 2. The Morgan fingerprint density at radius 1 is 0.857 bits per heavy atom. The van der Waals surface area contributed by atoms with Crippen molar-refractivity contribution in [2.24, 2.45) is 11.3 Å². The Kier molecular flexibility index (Phi) is 4.33. The van der Waals surface area contributed by atoms with Gasteiger partial charge in [-0.3, -0.25) is 4.79 Å². The van der Waals surface area contributed by atoms with Crippen molar-refractivity contribution in [3.05, 3.63) is 60.2 Å². The van der Waals surface area contributed by atoms with Crippen molar-refractivity contribution in [1.82, 2.24) is 5.32 Å². The van der Waals surface area contributed by atoms with Gasteiger partial charge in [0.1, 0.15) is 11.6 Å². The summed E-state index contributed by atoms with van der Waals surface area (Å²) in [4.78, 5) is 24.7. The van der Waals surface area contributed by atoms with Gasteiger partial charge in [0.2, 0.25) is 5.91 Å². The van der Waals surface area contributed by atoms with Crippen molar-refractivity contribution < 1.29 is 18.4 Å². The SMILES string of the molecule is C[C@H](C(=O)Nc1ccc(F)cc1)C12CC(NC(=O)Nc3ccc(F)cc3)(C1)C2. The van der Waals surface area contributed by atoms with Crippen LogP contribution in [0.15, 0.2) is 48.5 Å². The van der Waals surface area contributed by atoms with Gasteiger partial charge in [-0.2, -0.15) is 0 Å². The molecule has 0 aliphatic heterocycles. The fourth-order valence-electron chi connectivity index (χ4n) is 4.46. The molecule has 3 saturated carbocycles. The number of rotatable bonds is 5. The smallest absolute Gasteiger partial charge is 0.319 e. The molecule has 2 aromatic rings. The van der Waals surface area contributed by atoms with Crippen molar-refractivity contribution in [1.29, 1.82) is 0 Å². The molecule has 5 rings (SSSR count). The molecule has 3 aliphatic carbocycles. The summed E-state index contributed by atoms with van der Waals surface area (Å²) in [5.74, 6) is -1.02. The molecule has 3 amide bonds. The number of amides is 3. The lowest BCUT2D eigenvalue weighted by atomic mass is 9.36. The first-order chi connectivity index (χ1) is 13.3. The number of hydrogen-bond acceptors (Lipinski definition) is 2. The van der Waals surface area contributed by atoms with E-state index in [-0.39, 0.29) is 40.4 Å². The van der Waals surface area contributed by atoms with Crippen LogP contribution in [-0.2, 0) is 4.79 Å². The monoisotopic (exact) mass is 385 g/mol. The molecule has 5 nitrogen and oxygen atoms in total. The molecule has 3 N–H and O–H groups in total. The Bertz CT molecular complexity index is 892. The second kappa shape index (κ2) is 6.58. The summed E-state index contributed by atoms with van der Waals surface area (Å²) in [7, 11) is 0. The number of benzene rings is 2. The zero-order valence-electron chi connectivity index (χ0n) is 15.4. The van der Waals surface area contributed by atoms with Crippen LogP contribution in [0.3, 0.4) is 0 Å². The number of nitrogens with one attached hydrogen (secondary N) is 3. The molecule has 0 radical (unpaired) electrons. The molecule has 0 heterocycles. The third kappa shape index (κ3) is 3.32. The molecular weight excluding hydrogens is 364 g/mol. The number of urea groups is 1. The van der Waals surface area contributed by atoms with Gasteiger partial charge in [0.15, 0.2) is 0 Å². The average molecular weight is 385 g/mol. The van der Waals surface area contributed by atoms with Crippen molar-refractivity contribution >= 4 is 23.3 Å². The third-order valence-electron chi connectivity index (χ3n) is 5.98. The quantitative estimate of drug-likeness (QED) is 0.719. The lowest BCUT2D eigenvalue weighted by Gasteiger charge is -2.72.